The van der Waals surface area contributed by atoms with E-state index in [0.29, 0.717) is 10.5 Å². The van der Waals surface area contributed by atoms with E-state index < -0.39 is 23.5 Å². The highest BCUT2D eigenvalue weighted by Gasteiger charge is 2.55. The van der Waals surface area contributed by atoms with Crippen LogP contribution >= 0.6 is 0 Å². The van der Waals surface area contributed by atoms with Crippen LogP contribution in [0.1, 0.15) is 34.6 Å². The second-order valence-electron chi connectivity index (χ2n) is 5.93. The second kappa shape index (κ2) is 3.96. The van der Waals surface area contributed by atoms with Gasteiger partial charge in [0.15, 0.2) is 0 Å². The van der Waals surface area contributed by atoms with E-state index in [2.05, 4.69) is 0 Å². The van der Waals surface area contributed by atoms with Crippen LogP contribution in [0.25, 0.3) is 0 Å². The molecule has 0 aromatic carbocycles. The molecule has 0 aliphatic carbocycles. The Hall–Kier alpha value is -0.683. The molecule has 1 aliphatic heterocycles. The zero-order valence-electron chi connectivity index (χ0n) is 10.8. The Bertz CT molecular complexity index is 316. The fourth-order valence-corrected chi connectivity index (χ4v) is 3.16. The predicted octanol–water partition coefficient (Wildman–Crippen LogP) is 0.424. The number of esters is 2. The van der Waals surface area contributed by atoms with Crippen LogP contribution in [-0.2, 0) is 18.8 Å². The quantitative estimate of drug-likeness (QED) is 0.381. The zero-order valence-corrected chi connectivity index (χ0v) is 12.8. The number of carbonyl (C=O) groups excluding carboxylic acids is 2. The second-order valence-corrected chi connectivity index (χ2v) is 6.40. The average Bonchev–Trinajstić information content (AvgIpc) is 2.08. The first-order chi connectivity index (χ1) is 7.12. The molecule has 0 spiro atoms. The highest BCUT2D eigenvalue weighted by atomic mass is 28.2. The smallest absolute Gasteiger partial charge is 0.341 e. The van der Waals surface area contributed by atoms with Crippen LogP contribution in [0, 0.1) is 16.7 Å². The highest BCUT2D eigenvalue weighted by molar-refractivity contribution is 6.01. The maximum atomic E-state index is 11.8. The molecule has 2 unspecified atom stereocenters. The Morgan fingerprint density at radius 1 is 1.31 bits per heavy atom. The molecule has 0 saturated carbocycles. The number of cyclic esters (lactones) is 2. The fraction of sp³-hybridized carbons (Fsp3) is 0.818. The largest absolute Gasteiger partial charge is 0.415 e. The topological polar surface area (TPSA) is 52.6 Å². The lowest BCUT2D eigenvalue weighted by Crippen LogP contribution is -2.56. The van der Waals surface area contributed by atoms with Gasteiger partial charge in [-0.25, -0.2) is 4.79 Å². The lowest BCUT2D eigenvalue weighted by atomic mass is 9.62. The van der Waals surface area contributed by atoms with Crippen molar-refractivity contribution in [1.82, 2.24) is 0 Å². The van der Waals surface area contributed by atoms with Gasteiger partial charge < -0.3 is 9.16 Å². The number of rotatable bonds is 1. The van der Waals surface area contributed by atoms with Gasteiger partial charge in [0.2, 0.25) is 0 Å². The molecule has 2 atom stereocenters. The number of ether oxygens (including phenoxy) is 1. The van der Waals surface area contributed by atoms with Gasteiger partial charge in [0.25, 0.3) is 0 Å². The number of hydrogen-bond acceptors (Lipinski definition) is 4. The third kappa shape index (κ3) is 2.06. The molecule has 1 aliphatic rings. The third-order valence-electron chi connectivity index (χ3n) is 3.22. The Kier molecular flexibility index (Phi) is 3.31. The van der Waals surface area contributed by atoms with Gasteiger partial charge in [0.05, 0.1) is 5.41 Å². The summed E-state index contributed by atoms with van der Waals surface area (Å²) in [6, 6.07) is 0. The van der Waals surface area contributed by atoms with E-state index in [1.807, 2.05) is 34.6 Å². The van der Waals surface area contributed by atoms with E-state index in [1.165, 1.54) is 0 Å². The van der Waals surface area contributed by atoms with Gasteiger partial charge in [-0.2, -0.15) is 0 Å². The van der Waals surface area contributed by atoms with Crippen LogP contribution in [0.15, 0.2) is 0 Å². The summed E-state index contributed by atoms with van der Waals surface area (Å²) in [6.45, 7) is 9.66. The van der Waals surface area contributed by atoms with Crippen molar-refractivity contribution in [3.05, 3.63) is 0 Å². The lowest BCUT2D eigenvalue weighted by molar-refractivity contribution is -0.193. The van der Waals surface area contributed by atoms with Gasteiger partial charge in [-0.05, 0) is 19.3 Å². The van der Waals surface area contributed by atoms with Crippen LogP contribution in [0.3, 0.4) is 0 Å². The normalized spacial score (nSPS) is 30.3. The minimum atomic E-state index is -0.693. The monoisotopic (exact) mass is 244 g/mol. The lowest BCUT2D eigenvalue weighted by Gasteiger charge is -2.46. The van der Waals surface area contributed by atoms with Crippen LogP contribution in [-0.4, -0.2) is 28.5 Å². The fourth-order valence-electron chi connectivity index (χ4n) is 2.69. The third-order valence-corrected chi connectivity index (χ3v) is 3.73. The van der Waals surface area contributed by atoms with Crippen LogP contribution < -0.4 is 0 Å². The summed E-state index contributed by atoms with van der Waals surface area (Å²) in [5.74, 6) is -1.15. The summed E-state index contributed by atoms with van der Waals surface area (Å²) in [4.78, 5) is 23.4. The van der Waals surface area contributed by atoms with Crippen molar-refractivity contribution in [2.24, 2.45) is 16.7 Å². The first kappa shape index (κ1) is 13.4. The summed E-state index contributed by atoms with van der Waals surface area (Å²) in [7, 11) is 0.450. The summed E-state index contributed by atoms with van der Waals surface area (Å²) >= 11 is 0. The molecule has 16 heavy (non-hydrogen) atoms. The van der Waals surface area contributed by atoms with Crippen molar-refractivity contribution in [1.29, 1.82) is 0 Å². The molecule has 0 radical (unpaired) electrons. The Morgan fingerprint density at radius 3 is 2.19 bits per heavy atom. The Morgan fingerprint density at radius 2 is 1.81 bits per heavy atom. The molecule has 0 bridgehead atoms. The van der Waals surface area contributed by atoms with Gasteiger partial charge in [-0.15, -0.1) is 0 Å². The predicted molar refractivity (Wildman–Crippen MR) is 62.6 cm³/mol. The summed E-state index contributed by atoms with van der Waals surface area (Å²) in [5.41, 5.74) is -0.880. The summed E-state index contributed by atoms with van der Waals surface area (Å²) < 4.78 is 10.1. The molecule has 4 nitrogen and oxygen atoms in total. The zero-order chi connectivity index (χ0) is 12.7. The minimum absolute atomic E-state index is 0.161. The minimum Gasteiger partial charge on any atom is -0.415 e. The van der Waals surface area contributed by atoms with Gasteiger partial charge >= 0.3 is 11.9 Å². The molecule has 1 fully saturated rings. The van der Waals surface area contributed by atoms with Gasteiger partial charge in [-0.1, -0.05) is 20.8 Å². The van der Waals surface area contributed by atoms with Gasteiger partial charge in [0, 0.05) is 5.92 Å². The van der Waals surface area contributed by atoms with Crippen LogP contribution in [0.2, 0.25) is 0 Å². The highest BCUT2D eigenvalue weighted by Crippen LogP contribution is 2.46. The van der Waals surface area contributed by atoms with E-state index in [-0.39, 0.29) is 11.3 Å². The molecule has 0 N–H and O–H groups in total. The molecule has 0 aromatic rings. The molecular formula is C11H20O4Si. The molecule has 1 heterocycles. The van der Waals surface area contributed by atoms with E-state index >= 15 is 0 Å². The van der Waals surface area contributed by atoms with E-state index in [9.17, 15) is 9.59 Å². The van der Waals surface area contributed by atoms with Crippen molar-refractivity contribution >= 4 is 22.4 Å². The molecule has 0 amide bonds. The van der Waals surface area contributed by atoms with Gasteiger partial charge in [-0.3, -0.25) is 4.79 Å². The van der Waals surface area contributed by atoms with Gasteiger partial charge in [0.1, 0.15) is 16.6 Å². The van der Waals surface area contributed by atoms with Crippen molar-refractivity contribution in [3.8, 4) is 0 Å². The standard InChI is InChI=1S/C11H20O4Si/c1-10(2,3)7-6(15-16)8(12)14-9(13)11(7,4)5/h6-7H,1-5,16H3. The van der Waals surface area contributed by atoms with Crippen LogP contribution in [0.4, 0.5) is 0 Å². The molecule has 5 heteroatoms. The summed E-state index contributed by atoms with van der Waals surface area (Å²) in [6.07, 6.45) is -0.612. The van der Waals surface area contributed by atoms with Crippen LogP contribution in [0.5, 0.6) is 0 Å². The van der Waals surface area contributed by atoms with E-state index in [4.69, 9.17) is 9.16 Å². The maximum Gasteiger partial charge on any atom is 0.341 e. The SMILES string of the molecule is CC(C)(C)C1C(O[SiH3])C(=O)OC(=O)C1(C)C. The molecule has 1 rings (SSSR count). The molecule has 1 saturated heterocycles. The summed E-state index contributed by atoms with van der Waals surface area (Å²) in [5, 5.41) is 0. The maximum absolute atomic E-state index is 11.8. The molecular weight excluding hydrogens is 224 g/mol. The Labute approximate surface area is 99.2 Å². The number of carbonyl (C=O) groups is 2. The Balaban J connectivity index is 3.21. The van der Waals surface area contributed by atoms with Crippen molar-refractivity contribution < 1.29 is 18.8 Å². The van der Waals surface area contributed by atoms with Crippen molar-refractivity contribution in [3.63, 3.8) is 0 Å². The molecule has 0 aromatic heterocycles. The number of hydrogen-bond donors (Lipinski definition) is 0. The van der Waals surface area contributed by atoms with E-state index in [1.54, 1.807) is 0 Å². The first-order valence-electron chi connectivity index (χ1n) is 5.41. The van der Waals surface area contributed by atoms with Crippen molar-refractivity contribution in [2.45, 2.75) is 40.7 Å². The van der Waals surface area contributed by atoms with Crippen molar-refractivity contribution in [2.75, 3.05) is 0 Å². The molecule has 92 valence electrons. The first-order valence-corrected chi connectivity index (χ1v) is 6.23. The van der Waals surface area contributed by atoms with E-state index in [0.717, 1.165) is 0 Å². The average molecular weight is 244 g/mol.